The molecule has 0 aromatic carbocycles. The van der Waals surface area contributed by atoms with Crippen molar-refractivity contribution in [3.05, 3.63) is 11.6 Å². The predicted octanol–water partition coefficient (Wildman–Crippen LogP) is 1.62. The molecule has 1 saturated heterocycles. The lowest BCUT2D eigenvalue weighted by Crippen LogP contribution is -2.48. The van der Waals surface area contributed by atoms with Gasteiger partial charge in [0.2, 0.25) is 0 Å². The molecule has 0 bridgehead atoms. The van der Waals surface area contributed by atoms with Gasteiger partial charge in [0.25, 0.3) is 0 Å². The molecule has 6 heteroatoms. The molecule has 1 fully saturated rings. The summed E-state index contributed by atoms with van der Waals surface area (Å²) in [6.45, 7) is 1.05. The van der Waals surface area contributed by atoms with E-state index in [2.05, 4.69) is 11.4 Å². The van der Waals surface area contributed by atoms with E-state index in [4.69, 9.17) is 9.84 Å². The first-order chi connectivity index (χ1) is 10.1. The van der Waals surface area contributed by atoms with E-state index in [9.17, 15) is 9.59 Å². The third-order valence-electron chi connectivity index (χ3n) is 4.29. The predicted molar refractivity (Wildman–Crippen MR) is 78.1 cm³/mol. The van der Waals surface area contributed by atoms with Gasteiger partial charge < -0.3 is 20.1 Å². The van der Waals surface area contributed by atoms with Gasteiger partial charge in [0, 0.05) is 13.6 Å². The Morgan fingerprint density at radius 2 is 2.24 bits per heavy atom. The smallest absolute Gasteiger partial charge is 0.317 e. The molecule has 21 heavy (non-hydrogen) atoms. The summed E-state index contributed by atoms with van der Waals surface area (Å²) in [4.78, 5) is 24.7. The van der Waals surface area contributed by atoms with Crippen LogP contribution in [-0.4, -0.2) is 54.9 Å². The highest BCUT2D eigenvalue weighted by molar-refractivity contribution is 5.77. The summed E-state index contributed by atoms with van der Waals surface area (Å²) in [5.41, 5.74) is 1.41. The molecule has 2 rings (SSSR count). The number of hydrogen-bond acceptors (Lipinski definition) is 3. The van der Waals surface area contributed by atoms with Crippen molar-refractivity contribution >= 4 is 12.0 Å². The second-order valence-corrected chi connectivity index (χ2v) is 5.75. The van der Waals surface area contributed by atoms with Crippen LogP contribution in [0.5, 0.6) is 0 Å². The van der Waals surface area contributed by atoms with Gasteiger partial charge >= 0.3 is 12.0 Å². The van der Waals surface area contributed by atoms with Crippen molar-refractivity contribution < 1.29 is 19.4 Å². The second-order valence-electron chi connectivity index (χ2n) is 5.75. The molecular formula is C15H24N2O4. The van der Waals surface area contributed by atoms with E-state index in [1.165, 1.54) is 23.3 Å². The molecule has 2 unspecified atom stereocenters. The number of hydrogen-bond donors (Lipinski definition) is 2. The summed E-state index contributed by atoms with van der Waals surface area (Å²) in [6.07, 6.45) is 7.91. The summed E-state index contributed by atoms with van der Waals surface area (Å²) in [7, 11) is 1.63. The summed E-state index contributed by atoms with van der Waals surface area (Å²) in [5.74, 6) is -1.55. The Balaban J connectivity index is 1.77. The molecule has 1 heterocycles. The highest BCUT2D eigenvalue weighted by atomic mass is 16.5. The van der Waals surface area contributed by atoms with Gasteiger partial charge in [0.05, 0.1) is 19.3 Å². The molecule has 0 spiro atoms. The monoisotopic (exact) mass is 296 g/mol. The molecule has 2 atom stereocenters. The Bertz CT molecular complexity index is 422. The van der Waals surface area contributed by atoms with Gasteiger partial charge in [-0.25, -0.2) is 4.79 Å². The Hall–Kier alpha value is -1.56. The molecule has 2 N–H and O–H groups in total. The Morgan fingerprint density at radius 1 is 1.43 bits per heavy atom. The number of aliphatic carboxylic acids is 1. The lowest BCUT2D eigenvalue weighted by molar-refractivity contribution is -0.142. The summed E-state index contributed by atoms with van der Waals surface area (Å²) < 4.78 is 5.19. The molecule has 0 saturated carbocycles. The number of carboxylic acids is 1. The van der Waals surface area contributed by atoms with Crippen LogP contribution in [0.2, 0.25) is 0 Å². The third kappa shape index (κ3) is 4.20. The molecule has 0 aromatic heterocycles. The van der Waals surface area contributed by atoms with Crippen LogP contribution in [0.15, 0.2) is 11.6 Å². The summed E-state index contributed by atoms with van der Waals surface area (Å²) >= 11 is 0. The van der Waals surface area contributed by atoms with Crippen LogP contribution >= 0.6 is 0 Å². The zero-order valence-corrected chi connectivity index (χ0v) is 12.5. The van der Waals surface area contributed by atoms with Crippen LogP contribution in [0, 0.1) is 5.92 Å². The van der Waals surface area contributed by atoms with Crippen molar-refractivity contribution in [1.29, 1.82) is 0 Å². The van der Waals surface area contributed by atoms with Crippen LogP contribution in [0.4, 0.5) is 4.79 Å². The van der Waals surface area contributed by atoms with Gasteiger partial charge in [-0.05, 0) is 32.1 Å². The quantitative estimate of drug-likeness (QED) is 0.756. The Morgan fingerprint density at radius 3 is 2.90 bits per heavy atom. The number of nitrogens with zero attached hydrogens (tertiary/aromatic N) is 1. The lowest BCUT2D eigenvalue weighted by Gasteiger charge is -2.26. The molecule has 118 valence electrons. The first-order valence-electron chi connectivity index (χ1n) is 7.58. The maximum atomic E-state index is 12.1. The number of carbonyl (C=O) groups excluding carboxylic acids is 1. The fourth-order valence-corrected chi connectivity index (χ4v) is 2.90. The zero-order valence-electron chi connectivity index (χ0n) is 12.5. The maximum absolute atomic E-state index is 12.1. The normalized spacial score (nSPS) is 25.3. The third-order valence-corrected chi connectivity index (χ3v) is 4.29. The van der Waals surface area contributed by atoms with Crippen molar-refractivity contribution in [3.63, 3.8) is 0 Å². The molecular weight excluding hydrogens is 272 g/mol. The molecule has 2 aliphatic rings. The van der Waals surface area contributed by atoms with E-state index in [0.717, 1.165) is 19.3 Å². The molecule has 1 aliphatic carbocycles. The van der Waals surface area contributed by atoms with Gasteiger partial charge in [-0.15, -0.1) is 0 Å². The molecule has 2 amide bonds. The van der Waals surface area contributed by atoms with Crippen LogP contribution < -0.4 is 5.32 Å². The minimum Gasteiger partial charge on any atom is -0.481 e. The van der Waals surface area contributed by atoms with Crippen LogP contribution in [0.25, 0.3) is 0 Å². The van der Waals surface area contributed by atoms with Gasteiger partial charge in [-0.2, -0.15) is 0 Å². The number of nitrogens with one attached hydrogen (secondary N) is 1. The summed E-state index contributed by atoms with van der Waals surface area (Å²) in [5, 5.41) is 12.0. The van der Waals surface area contributed by atoms with E-state index in [-0.39, 0.29) is 19.2 Å². The molecule has 0 aromatic rings. The van der Waals surface area contributed by atoms with Crippen molar-refractivity contribution in [1.82, 2.24) is 10.2 Å². The van der Waals surface area contributed by atoms with E-state index in [0.29, 0.717) is 6.54 Å². The van der Waals surface area contributed by atoms with Crippen LogP contribution in [-0.2, 0) is 9.53 Å². The van der Waals surface area contributed by atoms with E-state index >= 15 is 0 Å². The number of carbonyl (C=O) groups is 2. The topological polar surface area (TPSA) is 78.9 Å². The van der Waals surface area contributed by atoms with Crippen molar-refractivity contribution in [2.75, 3.05) is 26.8 Å². The van der Waals surface area contributed by atoms with Gasteiger partial charge in [0.1, 0.15) is 5.92 Å². The minimum atomic E-state index is -0.912. The second kappa shape index (κ2) is 7.45. The number of allylic oxidation sites excluding steroid dienone is 1. The SMILES string of the molecule is CN(C(=O)NCCC1=CCCCC1)C1COCC1C(=O)O. The zero-order chi connectivity index (χ0) is 15.2. The first-order valence-corrected chi connectivity index (χ1v) is 7.58. The van der Waals surface area contributed by atoms with Gasteiger partial charge in [-0.1, -0.05) is 11.6 Å². The highest BCUT2D eigenvalue weighted by Gasteiger charge is 2.38. The van der Waals surface area contributed by atoms with Crippen molar-refractivity contribution in [2.45, 2.75) is 38.1 Å². The Kier molecular flexibility index (Phi) is 5.61. The maximum Gasteiger partial charge on any atom is 0.317 e. The number of amides is 2. The van der Waals surface area contributed by atoms with E-state index in [1.54, 1.807) is 7.05 Å². The average Bonchev–Trinajstić information content (AvgIpc) is 2.97. The Labute approximate surface area is 125 Å². The lowest BCUT2D eigenvalue weighted by atomic mass is 9.97. The number of rotatable bonds is 5. The van der Waals surface area contributed by atoms with E-state index < -0.39 is 17.9 Å². The molecule has 0 radical (unpaired) electrons. The molecule has 6 nitrogen and oxygen atoms in total. The van der Waals surface area contributed by atoms with Gasteiger partial charge in [0.15, 0.2) is 0 Å². The van der Waals surface area contributed by atoms with Crippen molar-refractivity contribution in [2.24, 2.45) is 5.92 Å². The summed E-state index contributed by atoms with van der Waals surface area (Å²) in [6, 6.07) is -0.621. The number of ether oxygens (including phenoxy) is 1. The van der Waals surface area contributed by atoms with E-state index in [1.807, 2.05) is 0 Å². The number of carboxylic acid groups (broad SMARTS) is 1. The fourth-order valence-electron chi connectivity index (χ4n) is 2.90. The number of urea groups is 1. The fraction of sp³-hybridized carbons (Fsp3) is 0.733. The van der Waals surface area contributed by atoms with Crippen molar-refractivity contribution in [3.8, 4) is 0 Å². The highest BCUT2D eigenvalue weighted by Crippen LogP contribution is 2.20. The minimum absolute atomic E-state index is 0.171. The number of likely N-dealkylation sites (N-methyl/N-ethyl adjacent to an activating group) is 1. The van der Waals surface area contributed by atoms with Crippen LogP contribution in [0.3, 0.4) is 0 Å². The largest absolute Gasteiger partial charge is 0.481 e. The first kappa shape index (κ1) is 15.8. The molecule has 1 aliphatic heterocycles. The van der Waals surface area contributed by atoms with Gasteiger partial charge in [-0.3, -0.25) is 4.79 Å². The standard InChI is InChI=1S/C15H24N2O4/c1-17(13-10-21-9-12(13)14(18)19)15(20)16-8-7-11-5-3-2-4-6-11/h5,12-13H,2-4,6-10H2,1H3,(H,16,20)(H,18,19). The average molecular weight is 296 g/mol. The van der Waals surface area contributed by atoms with Crippen LogP contribution in [0.1, 0.15) is 32.1 Å².